The molecule has 0 spiro atoms. The van der Waals surface area contributed by atoms with Crippen molar-refractivity contribution in [3.8, 4) is 26.9 Å². The van der Waals surface area contributed by atoms with E-state index >= 15 is 0 Å². The number of thiazole rings is 1. The third kappa shape index (κ3) is 6.76. The van der Waals surface area contributed by atoms with Crippen LogP contribution in [0.4, 0.5) is 23.2 Å². The van der Waals surface area contributed by atoms with Crippen LogP contribution < -0.4 is 10.1 Å². The molecule has 0 aliphatic heterocycles. The lowest BCUT2D eigenvalue weighted by atomic mass is 10.2. The van der Waals surface area contributed by atoms with Crippen LogP contribution in [0.1, 0.15) is 5.69 Å². The lowest BCUT2D eigenvalue weighted by Gasteiger charge is -2.09. The first-order valence-electron chi connectivity index (χ1n) is 10.0. The third-order valence-corrected chi connectivity index (χ3v) is 6.63. The molecule has 2 aromatic carbocycles. The van der Waals surface area contributed by atoms with Gasteiger partial charge in [0.05, 0.1) is 16.3 Å². The fourth-order valence-electron chi connectivity index (χ4n) is 2.94. The van der Waals surface area contributed by atoms with Gasteiger partial charge in [0.1, 0.15) is 27.3 Å². The largest absolute Gasteiger partial charge is 0.573 e. The number of nitrogens with one attached hydrogen (secondary N) is 1. The fourth-order valence-corrected chi connectivity index (χ4v) is 4.60. The van der Waals surface area contributed by atoms with Crippen LogP contribution in [0.5, 0.6) is 5.75 Å². The average molecular weight is 521 g/mol. The molecule has 2 aromatic heterocycles. The predicted molar refractivity (Wildman–Crippen MR) is 126 cm³/mol. The molecular formula is C23H16F4N4O2S2. The number of hydrogen-bond donors (Lipinski definition) is 1. The van der Waals surface area contributed by atoms with E-state index in [1.807, 2.05) is 6.92 Å². The number of benzene rings is 2. The highest BCUT2D eigenvalue weighted by molar-refractivity contribution is 7.99. The molecule has 0 aliphatic carbocycles. The van der Waals surface area contributed by atoms with Gasteiger partial charge in [-0.25, -0.2) is 9.37 Å². The Balaban J connectivity index is 1.33. The molecule has 0 radical (unpaired) electrons. The maximum absolute atomic E-state index is 13.2. The van der Waals surface area contributed by atoms with Gasteiger partial charge in [0.25, 0.3) is 0 Å². The van der Waals surface area contributed by atoms with Gasteiger partial charge in [0, 0.05) is 11.3 Å². The Labute approximate surface area is 205 Å². The van der Waals surface area contributed by atoms with Crippen LogP contribution in [-0.2, 0) is 4.79 Å². The van der Waals surface area contributed by atoms with Gasteiger partial charge < -0.3 is 10.1 Å². The number of carbonyl (C=O) groups is 1. The zero-order chi connectivity index (χ0) is 25.0. The van der Waals surface area contributed by atoms with Gasteiger partial charge in [0.15, 0.2) is 0 Å². The first kappa shape index (κ1) is 24.6. The third-order valence-electron chi connectivity index (χ3n) is 4.48. The van der Waals surface area contributed by atoms with Crippen molar-refractivity contribution >= 4 is 34.7 Å². The van der Waals surface area contributed by atoms with E-state index in [0.717, 1.165) is 45.0 Å². The molecule has 0 unspecified atom stereocenters. The molecule has 4 aromatic rings. The lowest BCUT2D eigenvalue weighted by Crippen LogP contribution is -2.17. The Morgan fingerprint density at radius 2 is 1.74 bits per heavy atom. The van der Waals surface area contributed by atoms with Gasteiger partial charge in [-0.1, -0.05) is 11.8 Å². The summed E-state index contributed by atoms with van der Waals surface area (Å²) in [6, 6.07) is 14.5. The number of aromatic nitrogens is 3. The minimum Gasteiger partial charge on any atom is -0.406 e. The summed E-state index contributed by atoms with van der Waals surface area (Å²) in [5.74, 6) is -1.01. The van der Waals surface area contributed by atoms with E-state index in [9.17, 15) is 22.4 Å². The SMILES string of the molecule is Cc1nc(-c2ccc(F)cc2)sc1-c1ccc(SCC(=O)Nc2ccc(OC(F)(F)F)cc2)nn1. The van der Waals surface area contributed by atoms with Crippen LogP contribution in [0.15, 0.2) is 65.7 Å². The van der Waals surface area contributed by atoms with Crippen molar-refractivity contribution in [1.29, 1.82) is 0 Å². The van der Waals surface area contributed by atoms with Crippen molar-refractivity contribution in [2.24, 2.45) is 0 Å². The van der Waals surface area contributed by atoms with E-state index in [2.05, 4.69) is 25.2 Å². The first-order chi connectivity index (χ1) is 16.7. The van der Waals surface area contributed by atoms with Gasteiger partial charge in [-0.05, 0) is 67.6 Å². The van der Waals surface area contributed by atoms with Crippen molar-refractivity contribution in [2.45, 2.75) is 18.3 Å². The number of rotatable bonds is 7. The van der Waals surface area contributed by atoms with Crippen LogP contribution in [-0.4, -0.2) is 33.2 Å². The number of nitrogens with zero attached hydrogens (tertiary/aromatic N) is 3. The van der Waals surface area contributed by atoms with Crippen LogP contribution in [0.25, 0.3) is 21.1 Å². The second-order valence-corrected chi connectivity index (χ2v) is 9.10. The molecule has 1 N–H and O–H groups in total. The zero-order valence-corrected chi connectivity index (χ0v) is 19.6. The van der Waals surface area contributed by atoms with Crippen molar-refractivity contribution in [3.63, 3.8) is 0 Å². The number of anilines is 1. The lowest BCUT2D eigenvalue weighted by molar-refractivity contribution is -0.274. The highest BCUT2D eigenvalue weighted by Crippen LogP contribution is 2.34. The average Bonchev–Trinajstić information content (AvgIpc) is 3.20. The van der Waals surface area contributed by atoms with E-state index in [-0.39, 0.29) is 23.2 Å². The normalized spacial score (nSPS) is 11.3. The molecule has 35 heavy (non-hydrogen) atoms. The molecule has 0 saturated heterocycles. The predicted octanol–water partition coefficient (Wildman–Crippen LogP) is 6.34. The van der Waals surface area contributed by atoms with Crippen LogP contribution in [0.3, 0.4) is 0 Å². The second kappa shape index (κ2) is 10.4. The monoisotopic (exact) mass is 520 g/mol. The number of aryl methyl sites for hydroxylation is 1. The van der Waals surface area contributed by atoms with Crippen molar-refractivity contribution < 1.29 is 27.1 Å². The highest BCUT2D eigenvalue weighted by atomic mass is 32.2. The van der Waals surface area contributed by atoms with Gasteiger partial charge in [-0.3, -0.25) is 4.79 Å². The van der Waals surface area contributed by atoms with E-state index in [0.29, 0.717) is 16.4 Å². The van der Waals surface area contributed by atoms with E-state index in [1.165, 1.54) is 35.6 Å². The summed E-state index contributed by atoms with van der Waals surface area (Å²) in [5.41, 5.74) is 2.54. The Kier molecular flexibility index (Phi) is 7.31. The highest BCUT2D eigenvalue weighted by Gasteiger charge is 2.31. The maximum atomic E-state index is 13.2. The van der Waals surface area contributed by atoms with Crippen LogP contribution in [0.2, 0.25) is 0 Å². The first-order valence-corrected chi connectivity index (χ1v) is 11.8. The summed E-state index contributed by atoms with van der Waals surface area (Å²) < 4.78 is 53.6. The van der Waals surface area contributed by atoms with Crippen LogP contribution >= 0.6 is 23.1 Å². The second-order valence-electron chi connectivity index (χ2n) is 7.11. The summed E-state index contributed by atoms with van der Waals surface area (Å²) in [6.07, 6.45) is -4.78. The zero-order valence-electron chi connectivity index (χ0n) is 18.0. The molecule has 0 atom stereocenters. The number of carbonyl (C=O) groups excluding carboxylic acids is 1. The fraction of sp³-hybridized carbons (Fsp3) is 0.130. The summed E-state index contributed by atoms with van der Waals surface area (Å²) in [6.45, 7) is 1.86. The van der Waals surface area contributed by atoms with Crippen molar-refractivity contribution in [3.05, 3.63) is 72.2 Å². The van der Waals surface area contributed by atoms with E-state index in [4.69, 9.17) is 0 Å². The van der Waals surface area contributed by atoms with Crippen molar-refractivity contribution in [1.82, 2.24) is 15.2 Å². The van der Waals surface area contributed by atoms with Crippen LogP contribution in [0, 0.1) is 12.7 Å². The topological polar surface area (TPSA) is 77.0 Å². The standard InChI is InChI=1S/C23H16F4N4O2S2/c1-13-21(35-22(28-13)14-2-4-15(24)5-3-14)18-10-11-20(31-30-18)34-12-19(32)29-16-6-8-17(9-7-16)33-23(25,26)27/h2-11H,12H2,1H3,(H,29,32). The van der Waals surface area contributed by atoms with Gasteiger partial charge in [0.2, 0.25) is 5.91 Å². The molecule has 1 amide bonds. The molecule has 0 fully saturated rings. The molecule has 12 heteroatoms. The minimum atomic E-state index is -4.78. The maximum Gasteiger partial charge on any atom is 0.573 e. The summed E-state index contributed by atoms with van der Waals surface area (Å²) >= 11 is 2.59. The number of alkyl halides is 3. The molecular weight excluding hydrogens is 504 g/mol. The quantitative estimate of drug-likeness (QED) is 0.226. The smallest absolute Gasteiger partial charge is 0.406 e. The molecule has 6 nitrogen and oxygen atoms in total. The molecule has 2 heterocycles. The number of amides is 1. The Morgan fingerprint density at radius 1 is 1.03 bits per heavy atom. The number of thioether (sulfide) groups is 1. The summed E-state index contributed by atoms with van der Waals surface area (Å²) in [5, 5.41) is 12.3. The van der Waals surface area contributed by atoms with Crippen molar-refractivity contribution in [2.75, 3.05) is 11.1 Å². The molecule has 0 bridgehead atoms. The number of ether oxygens (including phenoxy) is 1. The molecule has 0 aliphatic rings. The molecule has 180 valence electrons. The van der Waals surface area contributed by atoms with E-state index < -0.39 is 6.36 Å². The molecule has 0 saturated carbocycles. The minimum absolute atomic E-state index is 0.0309. The Bertz CT molecular complexity index is 1310. The molecule has 4 rings (SSSR count). The number of hydrogen-bond acceptors (Lipinski definition) is 7. The summed E-state index contributed by atoms with van der Waals surface area (Å²) in [4.78, 5) is 17.5. The van der Waals surface area contributed by atoms with E-state index in [1.54, 1.807) is 24.3 Å². The van der Waals surface area contributed by atoms with Gasteiger partial charge >= 0.3 is 6.36 Å². The van der Waals surface area contributed by atoms with Gasteiger partial charge in [-0.2, -0.15) is 0 Å². The number of halogens is 4. The summed E-state index contributed by atoms with van der Waals surface area (Å²) in [7, 11) is 0. The van der Waals surface area contributed by atoms with Gasteiger partial charge in [-0.15, -0.1) is 34.7 Å². The Morgan fingerprint density at radius 3 is 2.37 bits per heavy atom. The Hall–Kier alpha value is -3.51.